The molecule has 1 amide bonds. The highest BCUT2D eigenvalue weighted by Crippen LogP contribution is 2.31. The minimum atomic E-state index is -0.0380. The van der Waals surface area contributed by atoms with Gasteiger partial charge in [0.2, 0.25) is 11.8 Å². The summed E-state index contributed by atoms with van der Waals surface area (Å²) < 4.78 is 5.90. The minimum Gasteiger partial charge on any atom is -0.416 e. The fourth-order valence-electron chi connectivity index (χ4n) is 3.90. The fourth-order valence-corrected chi connectivity index (χ4v) is 3.90. The summed E-state index contributed by atoms with van der Waals surface area (Å²) in [6.45, 7) is 7.15. The molecule has 0 spiro atoms. The summed E-state index contributed by atoms with van der Waals surface area (Å²) >= 11 is 0. The normalized spacial score (nSPS) is 12.7. The highest BCUT2D eigenvalue weighted by atomic mass is 16.4. The van der Waals surface area contributed by atoms with E-state index in [0.29, 0.717) is 29.8 Å². The Morgan fingerprint density at radius 2 is 1.49 bits per heavy atom. The van der Waals surface area contributed by atoms with Crippen molar-refractivity contribution >= 4 is 11.6 Å². The number of anilines is 1. The molecule has 1 aromatic heterocycles. The molecule has 2 N–H and O–H groups in total. The molecule has 0 aliphatic heterocycles. The number of hydrogen-bond acceptors (Lipinski definition) is 5. The third-order valence-electron chi connectivity index (χ3n) is 6.18. The minimum absolute atomic E-state index is 0.0380. The maximum atomic E-state index is 12.2. The van der Waals surface area contributed by atoms with E-state index in [0.717, 1.165) is 29.7 Å². The fraction of sp³-hybridized carbons (Fsp3) is 0.276. The number of aromatic nitrogens is 2. The van der Waals surface area contributed by atoms with E-state index in [2.05, 4.69) is 46.8 Å². The Bertz CT molecular complexity index is 1220. The summed E-state index contributed by atoms with van der Waals surface area (Å²) in [6.07, 6.45) is 1.95. The number of nitrogens with zero attached hydrogens (tertiary/aromatic N) is 2. The molecule has 0 saturated carbocycles. The van der Waals surface area contributed by atoms with Crippen molar-refractivity contribution in [2.75, 3.05) is 11.9 Å². The third-order valence-corrected chi connectivity index (χ3v) is 6.18. The maximum absolute atomic E-state index is 12.2. The van der Waals surface area contributed by atoms with Gasteiger partial charge < -0.3 is 15.1 Å². The van der Waals surface area contributed by atoms with Crippen molar-refractivity contribution in [2.24, 2.45) is 5.92 Å². The smallest absolute Gasteiger partial charge is 0.251 e. The van der Waals surface area contributed by atoms with Crippen molar-refractivity contribution in [3.05, 3.63) is 90.0 Å². The molecule has 4 aromatic rings. The maximum Gasteiger partial charge on any atom is 0.251 e. The van der Waals surface area contributed by atoms with Crippen LogP contribution >= 0.6 is 0 Å². The Kier molecular flexibility index (Phi) is 7.93. The predicted octanol–water partition coefficient (Wildman–Crippen LogP) is 6.74. The molecule has 0 bridgehead atoms. The molecule has 6 heteroatoms. The predicted molar refractivity (Wildman–Crippen MR) is 140 cm³/mol. The molecule has 6 nitrogen and oxygen atoms in total. The topological polar surface area (TPSA) is 80.0 Å². The summed E-state index contributed by atoms with van der Waals surface area (Å²) in [5.74, 6) is 1.38. The largest absolute Gasteiger partial charge is 0.416 e. The van der Waals surface area contributed by atoms with Gasteiger partial charge in [-0.15, -0.1) is 10.2 Å². The van der Waals surface area contributed by atoms with Crippen LogP contribution in [-0.2, 0) is 0 Å². The van der Waals surface area contributed by atoms with Crippen LogP contribution in [0.25, 0.3) is 22.9 Å². The van der Waals surface area contributed by atoms with Gasteiger partial charge in [-0.2, -0.15) is 0 Å². The van der Waals surface area contributed by atoms with E-state index >= 15 is 0 Å². The first-order valence-corrected chi connectivity index (χ1v) is 12.2. The highest BCUT2D eigenvalue weighted by molar-refractivity contribution is 5.94. The van der Waals surface area contributed by atoms with E-state index < -0.39 is 0 Å². The number of carbonyl (C=O) groups excluding carboxylic acids is 1. The highest BCUT2D eigenvalue weighted by Gasteiger charge is 2.19. The Labute approximate surface area is 206 Å². The van der Waals surface area contributed by atoms with Gasteiger partial charge >= 0.3 is 0 Å². The molecule has 180 valence electrons. The van der Waals surface area contributed by atoms with E-state index in [9.17, 15) is 4.79 Å². The van der Waals surface area contributed by atoms with E-state index in [1.54, 1.807) is 0 Å². The van der Waals surface area contributed by atoms with Crippen LogP contribution in [0.4, 0.5) is 5.69 Å². The van der Waals surface area contributed by atoms with Crippen LogP contribution < -0.4 is 10.6 Å². The molecule has 1 heterocycles. The summed E-state index contributed by atoms with van der Waals surface area (Å²) in [7, 11) is 0. The van der Waals surface area contributed by atoms with Gasteiger partial charge in [-0.05, 0) is 66.4 Å². The number of rotatable bonds is 10. The number of nitrogens with one attached hydrogen (secondary N) is 2. The lowest BCUT2D eigenvalue weighted by atomic mass is 9.91. The van der Waals surface area contributed by atoms with Crippen LogP contribution in [0, 0.1) is 5.92 Å². The first-order chi connectivity index (χ1) is 17.1. The quantitative estimate of drug-likeness (QED) is 0.269. The number of carbonyl (C=O) groups is 1. The molecule has 0 aliphatic carbocycles. The lowest BCUT2D eigenvalue weighted by Gasteiger charge is -2.26. The summed E-state index contributed by atoms with van der Waals surface area (Å²) in [4.78, 5) is 12.2. The van der Waals surface area contributed by atoms with Crippen molar-refractivity contribution in [1.82, 2.24) is 15.5 Å². The van der Waals surface area contributed by atoms with Gasteiger partial charge in [0.05, 0.1) is 6.04 Å². The van der Waals surface area contributed by atoms with Crippen LogP contribution in [0.3, 0.4) is 0 Å². The lowest BCUT2D eigenvalue weighted by Crippen LogP contribution is -2.24. The van der Waals surface area contributed by atoms with Crippen LogP contribution in [-0.4, -0.2) is 22.6 Å². The molecular weight excluding hydrogens is 436 g/mol. The number of amides is 1. The van der Waals surface area contributed by atoms with Gasteiger partial charge in [0, 0.05) is 28.9 Å². The molecular formula is C29H32N4O2. The zero-order valence-corrected chi connectivity index (χ0v) is 20.5. The van der Waals surface area contributed by atoms with Gasteiger partial charge in [0.1, 0.15) is 0 Å². The van der Waals surface area contributed by atoms with Crippen LogP contribution in [0.1, 0.15) is 55.6 Å². The van der Waals surface area contributed by atoms with Crippen molar-refractivity contribution in [3.8, 4) is 22.9 Å². The molecule has 4 rings (SSSR count). The summed E-state index contributed by atoms with van der Waals surface area (Å²) in [5.41, 5.74) is 4.61. The SMILES string of the molecule is CCCNC(=O)c1ccc(N[C@H](c2ccc(-c3nnc(-c4ccccc4)o3)cc2)C(C)CC)cc1. The van der Waals surface area contributed by atoms with Crippen LogP contribution in [0.5, 0.6) is 0 Å². The summed E-state index contributed by atoms with van der Waals surface area (Å²) in [5, 5.41) is 15.0. The summed E-state index contributed by atoms with van der Waals surface area (Å²) in [6, 6.07) is 25.8. The monoisotopic (exact) mass is 468 g/mol. The standard InChI is InChI=1S/C29H32N4O2/c1-4-19-30-27(34)22-15-17-25(18-16-22)31-26(20(3)5-2)21-11-13-24(14-12-21)29-33-32-28(35-29)23-9-7-6-8-10-23/h6-18,20,26,31H,4-5,19H2,1-3H3,(H,30,34)/t20?,26-/m0/s1. The molecule has 1 unspecified atom stereocenters. The Morgan fingerprint density at radius 3 is 2.09 bits per heavy atom. The third kappa shape index (κ3) is 5.96. The van der Waals surface area contributed by atoms with Crippen molar-refractivity contribution in [1.29, 1.82) is 0 Å². The molecule has 0 saturated heterocycles. The van der Waals surface area contributed by atoms with Gasteiger partial charge in [-0.25, -0.2) is 0 Å². The second-order valence-corrected chi connectivity index (χ2v) is 8.74. The van der Waals surface area contributed by atoms with Gasteiger partial charge in [-0.1, -0.05) is 57.5 Å². The second kappa shape index (κ2) is 11.5. The average Bonchev–Trinajstić information content (AvgIpc) is 3.41. The Morgan fingerprint density at radius 1 is 0.857 bits per heavy atom. The molecule has 3 aromatic carbocycles. The molecule has 2 atom stereocenters. The average molecular weight is 469 g/mol. The first kappa shape index (κ1) is 24.2. The molecule has 0 fully saturated rings. The van der Waals surface area contributed by atoms with E-state index in [-0.39, 0.29) is 11.9 Å². The zero-order valence-electron chi connectivity index (χ0n) is 20.5. The van der Waals surface area contributed by atoms with Gasteiger partial charge in [0.15, 0.2) is 0 Å². The van der Waals surface area contributed by atoms with E-state index in [1.807, 2.05) is 73.7 Å². The van der Waals surface area contributed by atoms with Crippen molar-refractivity contribution in [2.45, 2.75) is 39.7 Å². The van der Waals surface area contributed by atoms with E-state index in [4.69, 9.17) is 4.42 Å². The number of hydrogen-bond donors (Lipinski definition) is 2. The van der Waals surface area contributed by atoms with Crippen LogP contribution in [0.15, 0.2) is 83.3 Å². The van der Waals surface area contributed by atoms with Crippen LogP contribution in [0.2, 0.25) is 0 Å². The van der Waals surface area contributed by atoms with Crippen molar-refractivity contribution in [3.63, 3.8) is 0 Å². The van der Waals surface area contributed by atoms with Crippen molar-refractivity contribution < 1.29 is 9.21 Å². The first-order valence-electron chi connectivity index (χ1n) is 12.2. The van der Waals surface area contributed by atoms with Gasteiger partial charge in [-0.3, -0.25) is 4.79 Å². The Hall–Kier alpha value is -3.93. The Balaban J connectivity index is 1.49. The van der Waals surface area contributed by atoms with Gasteiger partial charge in [0.25, 0.3) is 5.91 Å². The number of benzene rings is 3. The zero-order chi connectivity index (χ0) is 24.6. The molecule has 0 radical (unpaired) electrons. The molecule has 35 heavy (non-hydrogen) atoms. The van der Waals surface area contributed by atoms with E-state index in [1.165, 1.54) is 5.56 Å². The lowest BCUT2D eigenvalue weighted by molar-refractivity contribution is 0.0953. The molecule has 0 aliphatic rings. The second-order valence-electron chi connectivity index (χ2n) is 8.74.